The maximum Gasteiger partial charge on any atom is 0.333 e. The van der Waals surface area contributed by atoms with Crippen molar-refractivity contribution < 1.29 is 4.79 Å². The van der Waals surface area contributed by atoms with E-state index in [1.54, 1.807) is 0 Å². The summed E-state index contributed by atoms with van der Waals surface area (Å²) in [6, 6.07) is 1.09. The van der Waals surface area contributed by atoms with Gasteiger partial charge < -0.3 is 5.73 Å². The highest BCUT2D eigenvalue weighted by Crippen LogP contribution is 1.91. The molecule has 0 fully saturated rings. The van der Waals surface area contributed by atoms with Crippen molar-refractivity contribution in [1.82, 2.24) is 9.55 Å². The monoisotopic (exact) mass is 181 g/mol. The van der Waals surface area contributed by atoms with E-state index in [9.17, 15) is 14.4 Å². The van der Waals surface area contributed by atoms with Gasteiger partial charge in [0.2, 0.25) is 0 Å². The third-order valence-electron chi connectivity index (χ3n) is 1.40. The van der Waals surface area contributed by atoms with Gasteiger partial charge in [0, 0.05) is 12.3 Å². The molecule has 0 aliphatic carbocycles. The number of primary amides is 1. The number of carbonyl (C=O) groups excluding carboxylic acids is 1. The highest BCUT2D eigenvalue weighted by molar-refractivity contribution is 6.11. The van der Waals surface area contributed by atoms with Gasteiger partial charge in [0.25, 0.3) is 11.5 Å². The Kier molecular flexibility index (Phi) is 2.14. The Morgan fingerprint density at radius 1 is 1.54 bits per heavy atom. The molecule has 6 nitrogen and oxygen atoms in total. The van der Waals surface area contributed by atoms with Crippen LogP contribution < -0.4 is 17.0 Å². The van der Waals surface area contributed by atoms with Gasteiger partial charge in [0.1, 0.15) is 5.70 Å². The first kappa shape index (κ1) is 8.98. The van der Waals surface area contributed by atoms with Crippen molar-refractivity contribution in [2.75, 3.05) is 0 Å². The Morgan fingerprint density at radius 3 is 2.62 bits per heavy atom. The molecule has 0 radical (unpaired) electrons. The quantitative estimate of drug-likeness (QED) is 0.543. The lowest BCUT2D eigenvalue weighted by Crippen LogP contribution is -2.31. The molecule has 0 saturated heterocycles. The molecule has 0 unspecified atom stereocenters. The number of aromatic nitrogens is 2. The lowest BCUT2D eigenvalue weighted by atomic mass is 10.4. The van der Waals surface area contributed by atoms with Gasteiger partial charge >= 0.3 is 5.69 Å². The van der Waals surface area contributed by atoms with Crippen molar-refractivity contribution in [3.63, 3.8) is 0 Å². The fourth-order valence-corrected chi connectivity index (χ4v) is 0.748. The molecule has 0 aliphatic heterocycles. The van der Waals surface area contributed by atoms with Crippen LogP contribution in [-0.2, 0) is 4.79 Å². The number of hydrogen-bond acceptors (Lipinski definition) is 3. The van der Waals surface area contributed by atoms with Crippen molar-refractivity contribution in [3.05, 3.63) is 39.7 Å². The van der Waals surface area contributed by atoms with Gasteiger partial charge in [-0.15, -0.1) is 0 Å². The van der Waals surface area contributed by atoms with E-state index in [1.807, 2.05) is 4.98 Å². The first-order valence-corrected chi connectivity index (χ1v) is 3.33. The fraction of sp³-hybridized carbons (Fsp3) is 0. The number of amides is 1. The summed E-state index contributed by atoms with van der Waals surface area (Å²) in [6.45, 7) is 3.28. The highest BCUT2D eigenvalue weighted by atomic mass is 16.2. The van der Waals surface area contributed by atoms with E-state index in [4.69, 9.17) is 5.73 Å². The van der Waals surface area contributed by atoms with Crippen LogP contribution in [0.2, 0.25) is 0 Å². The summed E-state index contributed by atoms with van der Waals surface area (Å²) in [5.74, 6) is -0.825. The first-order valence-electron chi connectivity index (χ1n) is 3.33. The van der Waals surface area contributed by atoms with Crippen LogP contribution >= 0.6 is 0 Å². The Hall–Kier alpha value is -2.11. The van der Waals surface area contributed by atoms with Crippen LogP contribution in [0.1, 0.15) is 0 Å². The lowest BCUT2D eigenvalue weighted by Gasteiger charge is -2.02. The Bertz CT molecular complexity index is 468. The summed E-state index contributed by atoms with van der Waals surface area (Å²) in [6.07, 6.45) is 1.13. The summed E-state index contributed by atoms with van der Waals surface area (Å²) in [5.41, 5.74) is 3.41. The van der Waals surface area contributed by atoms with Crippen LogP contribution in [0.25, 0.3) is 5.70 Å². The maximum absolute atomic E-state index is 11.0. The molecular weight excluding hydrogens is 174 g/mol. The summed E-state index contributed by atoms with van der Waals surface area (Å²) in [7, 11) is 0. The number of nitrogens with two attached hydrogens (primary N) is 1. The first-order chi connectivity index (χ1) is 6.02. The van der Waals surface area contributed by atoms with E-state index in [1.165, 1.54) is 0 Å². The van der Waals surface area contributed by atoms with Crippen molar-refractivity contribution in [3.8, 4) is 0 Å². The minimum atomic E-state index is -0.825. The van der Waals surface area contributed by atoms with Crippen LogP contribution in [0.4, 0.5) is 0 Å². The normalized spacial score (nSPS) is 9.54. The topological polar surface area (TPSA) is 97.9 Å². The molecule has 68 valence electrons. The summed E-state index contributed by atoms with van der Waals surface area (Å²) in [4.78, 5) is 34.2. The number of aromatic amines is 1. The van der Waals surface area contributed by atoms with Crippen LogP contribution in [0.5, 0.6) is 0 Å². The Morgan fingerprint density at radius 2 is 2.15 bits per heavy atom. The van der Waals surface area contributed by atoms with Gasteiger partial charge in [-0.25, -0.2) is 4.79 Å². The fourth-order valence-electron chi connectivity index (χ4n) is 0.748. The number of nitrogens with one attached hydrogen (secondary N) is 1. The molecule has 0 aliphatic rings. The summed E-state index contributed by atoms with van der Waals surface area (Å²) < 4.78 is 0.865. The van der Waals surface area contributed by atoms with E-state index >= 15 is 0 Å². The van der Waals surface area contributed by atoms with Crippen molar-refractivity contribution in [2.45, 2.75) is 0 Å². The minimum absolute atomic E-state index is 0.193. The molecule has 3 N–H and O–H groups in total. The minimum Gasteiger partial charge on any atom is -0.364 e. The Balaban J connectivity index is 3.33. The van der Waals surface area contributed by atoms with Crippen molar-refractivity contribution in [2.24, 2.45) is 5.73 Å². The second-order valence-corrected chi connectivity index (χ2v) is 2.29. The molecule has 1 amide bonds. The molecule has 0 atom stereocenters. The third-order valence-corrected chi connectivity index (χ3v) is 1.40. The average molecular weight is 181 g/mol. The number of hydrogen-bond donors (Lipinski definition) is 2. The molecule has 0 aromatic carbocycles. The van der Waals surface area contributed by atoms with Crippen LogP contribution in [-0.4, -0.2) is 15.5 Å². The molecular formula is C7H7N3O3. The van der Waals surface area contributed by atoms with Gasteiger partial charge in [0.15, 0.2) is 0 Å². The molecule has 0 saturated carbocycles. The zero-order chi connectivity index (χ0) is 10.0. The van der Waals surface area contributed by atoms with Crippen molar-refractivity contribution >= 4 is 11.6 Å². The van der Waals surface area contributed by atoms with Gasteiger partial charge in [-0.2, -0.15) is 0 Å². The van der Waals surface area contributed by atoms with Gasteiger partial charge in [0.05, 0.1) is 0 Å². The predicted molar refractivity (Wildman–Crippen MR) is 45.8 cm³/mol. The zero-order valence-electron chi connectivity index (χ0n) is 6.61. The van der Waals surface area contributed by atoms with E-state index in [-0.39, 0.29) is 5.70 Å². The number of carbonyl (C=O) groups is 1. The van der Waals surface area contributed by atoms with Crippen LogP contribution in [0, 0.1) is 0 Å². The van der Waals surface area contributed by atoms with E-state index in [0.29, 0.717) is 0 Å². The summed E-state index contributed by atoms with van der Waals surface area (Å²) >= 11 is 0. The average Bonchev–Trinajstić information content (AvgIpc) is 2.03. The third kappa shape index (κ3) is 1.73. The standard InChI is InChI=1S/C7H7N3O3/c1-4(6(8)12)10-3-2-5(11)9-7(10)13/h2-3H,1H2,(H2,8,12)(H,9,11,13). The van der Waals surface area contributed by atoms with E-state index < -0.39 is 17.2 Å². The molecule has 6 heteroatoms. The summed E-state index contributed by atoms with van der Waals surface area (Å²) in [5, 5.41) is 0. The predicted octanol–water partition coefficient (Wildman–Crippen LogP) is -1.51. The SMILES string of the molecule is C=C(C(N)=O)n1ccc(=O)[nH]c1=O. The second-order valence-electron chi connectivity index (χ2n) is 2.29. The van der Waals surface area contributed by atoms with E-state index in [0.717, 1.165) is 16.8 Å². The number of rotatable bonds is 2. The van der Waals surface area contributed by atoms with Crippen molar-refractivity contribution in [1.29, 1.82) is 0 Å². The second kappa shape index (κ2) is 3.10. The molecule has 0 spiro atoms. The van der Waals surface area contributed by atoms with Gasteiger partial charge in [-0.3, -0.25) is 19.1 Å². The molecule has 1 aromatic heterocycles. The molecule has 1 rings (SSSR count). The molecule has 1 heterocycles. The zero-order valence-corrected chi connectivity index (χ0v) is 6.61. The van der Waals surface area contributed by atoms with Gasteiger partial charge in [-0.1, -0.05) is 6.58 Å². The van der Waals surface area contributed by atoms with Gasteiger partial charge in [-0.05, 0) is 0 Å². The highest BCUT2D eigenvalue weighted by Gasteiger charge is 2.05. The molecule has 13 heavy (non-hydrogen) atoms. The largest absolute Gasteiger partial charge is 0.364 e. The van der Waals surface area contributed by atoms with Crippen LogP contribution in [0.15, 0.2) is 28.4 Å². The number of H-pyrrole nitrogens is 1. The van der Waals surface area contributed by atoms with Crippen LogP contribution in [0.3, 0.4) is 0 Å². The van der Waals surface area contributed by atoms with E-state index in [2.05, 4.69) is 6.58 Å². The Labute approximate surface area is 72.3 Å². The number of nitrogens with zero attached hydrogens (tertiary/aromatic N) is 1. The molecule has 0 bridgehead atoms. The molecule has 1 aromatic rings. The maximum atomic E-state index is 11.0. The smallest absolute Gasteiger partial charge is 0.333 e. The lowest BCUT2D eigenvalue weighted by molar-refractivity contribution is -0.113.